The van der Waals surface area contributed by atoms with Crippen molar-refractivity contribution in [2.24, 2.45) is 0 Å². The fraction of sp³-hybridized carbons (Fsp3) is 0.391. The lowest BCUT2D eigenvalue weighted by atomic mass is 9.80. The van der Waals surface area contributed by atoms with Crippen LogP contribution in [0.1, 0.15) is 36.8 Å². The molecule has 0 amide bonds. The first-order valence-corrected chi connectivity index (χ1v) is 9.47. The number of terminal acetylenes is 1. The molecule has 27 heavy (non-hydrogen) atoms. The number of fused-ring (bicyclic) bond motifs is 2. The summed E-state index contributed by atoms with van der Waals surface area (Å²) in [5, 5.41) is 11.2. The molecule has 0 spiro atoms. The molecule has 4 heteroatoms. The first kappa shape index (κ1) is 18.0. The van der Waals surface area contributed by atoms with Crippen molar-refractivity contribution in [1.82, 2.24) is 4.90 Å². The molecule has 2 aromatic rings. The Morgan fingerprint density at radius 2 is 1.78 bits per heavy atom. The molecule has 2 fully saturated rings. The molecule has 0 radical (unpaired) electrons. The zero-order valence-electron chi connectivity index (χ0n) is 15.3. The average molecular weight is 365 g/mol. The number of halogens is 1. The summed E-state index contributed by atoms with van der Waals surface area (Å²) in [5.41, 5.74) is 0.577. The van der Waals surface area contributed by atoms with Gasteiger partial charge in [-0.2, -0.15) is 0 Å². The summed E-state index contributed by atoms with van der Waals surface area (Å²) in [6.07, 6.45) is 8.46. The van der Waals surface area contributed by atoms with E-state index in [2.05, 4.69) is 23.0 Å². The molecular weight excluding hydrogens is 341 g/mol. The quantitative estimate of drug-likeness (QED) is 0.817. The number of hydrogen-bond donors (Lipinski definition) is 1. The zero-order valence-corrected chi connectivity index (χ0v) is 15.3. The van der Waals surface area contributed by atoms with Crippen molar-refractivity contribution in [3.05, 3.63) is 65.5 Å². The minimum atomic E-state index is -1.07. The second kappa shape index (κ2) is 7.34. The lowest BCUT2D eigenvalue weighted by Crippen LogP contribution is -2.49. The predicted molar refractivity (Wildman–Crippen MR) is 103 cm³/mol. The Balaban J connectivity index is 1.47. The smallest absolute Gasteiger partial charge is 0.148 e. The highest BCUT2D eigenvalue weighted by atomic mass is 19.1. The molecule has 2 unspecified atom stereocenters. The van der Waals surface area contributed by atoms with E-state index < -0.39 is 5.60 Å². The van der Waals surface area contributed by atoms with E-state index in [1.54, 1.807) is 18.2 Å². The summed E-state index contributed by atoms with van der Waals surface area (Å²) in [7, 11) is 0. The Kier molecular flexibility index (Phi) is 4.90. The number of rotatable bonds is 5. The van der Waals surface area contributed by atoms with E-state index in [9.17, 15) is 9.50 Å². The summed E-state index contributed by atoms with van der Waals surface area (Å²) in [6.45, 7) is 1.10. The molecule has 0 aromatic heterocycles. The highest BCUT2D eigenvalue weighted by Gasteiger charge is 2.48. The Morgan fingerprint density at radius 1 is 1.11 bits per heavy atom. The van der Waals surface area contributed by atoms with Gasteiger partial charge < -0.3 is 9.84 Å². The molecule has 2 bridgehead atoms. The summed E-state index contributed by atoms with van der Waals surface area (Å²) in [4.78, 5) is 2.46. The monoisotopic (exact) mass is 365 g/mol. The number of piperidine rings is 1. The average Bonchev–Trinajstić information content (AvgIpc) is 2.91. The van der Waals surface area contributed by atoms with Crippen molar-refractivity contribution in [2.75, 3.05) is 6.61 Å². The highest BCUT2D eigenvalue weighted by molar-refractivity contribution is 5.29. The topological polar surface area (TPSA) is 32.7 Å². The SMILES string of the molecule is C#CCOc1ccc(CN2C3CCC2CC(O)(c2ccccc2F)C3)cc1. The van der Waals surface area contributed by atoms with Crippen LogP contribution in [0.3, 0.4) is 0 Å². The standard InChI is InChI=1S/C23H24FNO2/c1-2-13-27-20-11-7-17(8-12-20)16-25-18-9-10-19(25)15-23(26,14-18)21-5-3-4-6-22(21)24/h1,3-8,11-12,18-19,26H,9-10,13-16H2. The fourth-order valence-electron chi connectivity index (χ4n) is 4.66. The van der Waals surface area contributed by atoms with Gasteiger partial charge in [0.05, 0.1) is 5.60 Å². The van der Waals surface area contributed by atoms with Crippen molar-refractivity contribution in [3.63, 3.8) is 0 Å². The lowest BCUT2D eigenvalue weighted by molar-refractivity contribution is -0.0615. The Labute approximate surface area is 159 Å². The van der Waals surface area contributed by atoms with Gasteiger partial charge in [0, 0.05) is 24.2 Å². The minimum absolute atomic E-state index is 0.268. The Bertz CT molecular complexity index is 828. The lowest BCUT2D eigenvalue weighted by Gasteiger charge is -2.44. The maximum absolute atomic E-state index is 14.3. The van der Waals surface area contributed by atoms with E-state index >= 15 is 0 Å². The third-order valence-corrected chi connectivity index (χ3v) is 5.90. The molecule has 140 valence electrons. The fourth-order valence-corrected chi connectivity index (χ4v) is 4.66. The second-order valence-corrected chi connectivity index (χ2v) is 7.61. The van der Waals surface area contributed by atoms with Gasteiger partial charge >= 0.3 is 0 Å². The summed E-state index contributed by atoms with van der Waals surface area (Å²) in [5.74, 6) is 2.92. The van der Waals surface area contributed by atoms with E-state index in [4.69, 9.17) is 11.2 Å². The number of nitrogens with zero attached hydrogens (tertiary/aromatic N) is 1. The normalized spacial score (nSPS) is 27.3. The van der Waals surface area contributed by atoms with E-state index in [0.29, 0.717) is 18.4 Å². The summed E-state index contributed by atoms with van der Waals surface area (Å²) in [6, 6.07) is 15.2. The van der Waals surface area contributed by atoms with Gasteiger partial charge in [0.2, 0.25) is 0 Å². The van der Waals surface area contributed by atoms with Gasteiger partial charge in [-0.15, -0.1) is 6.42 Å². The van der Waals surface area contributed by atoms with Crippen LogP contribution in [0.25, 0.3) is 0 Å². The molecule has 2 atom stereocenters. The van der Waals surface area contributed by atoms with E-state index in [0.717, 1.165) is 25.1 Å². The first-order valence-electron chi connectivity index (χ1n) is 9.47. The van der Waals surface area contributed by atoms with Crippen LogP contribution in [0.15, 0.2) is 48.5 Å². The first-order chi connectivity index (χ1) is 13.1. The third kappa shape index (κ3) is 3.58. The minimum Gasteiger partial charge on any atom is -0.481 e. The molecule has 2 aromatic carbocycles. The predicted octanol–water partition coefficient (Wildman–Crippen LogP) is 3.85. The Morgan fingerprint density at radius 3 is 2.41 bits per heavy atom. The Hall–Kier alpha value is -2.35. The van der Waals surface area contributed by atoms with Gasteiger partial charge in [0.25, 0.3) is 0 Å². The van der Waals surface area contributed by atoms with Crippen molar-refractivity contribution < 1.29 is 14.2 Å². The molecule has 0 aliphatic carbocycles. The molecule has 4 rings (SSSR count). The molecule has 2 aliphatic heterocycles. The number of hydrogen-bond acceptors (Lipinski definition) is 3. The van der Waals surface area contributed by atoms with Gasteiger partial charge in [-0.05, 0) is 49.4 Å². The van der Waals surface area contributed by atoms with Crippen LogP contribution in [0.4, 0.5) is 4.39 Å². The van der Waals surface area contributed by atoms with E-state index in [-0.39, 0.29) is 24.5 Å². The third-order valence-electron chi connectivity index (χ3n) is 5.90. The molecule has 2 saturated heterocycles. The summed E-state index contributed by atoms with van der Waals surface area (Å²) >= 11 is 0. The summed E-state index contributed by atoms with van der Waals surface area (Å²) < 4.78 is 19.7. The van der Waals surface area contributed by atoms with Crippen LogP contribution in [0, 0.1) is 18.2 Å². The molecule has 2 heterocycles. The van der Waals surface area contributed by atoms with Crippen LogP contribution >= 0.6 is 0 Å². The molecule has 1 N–H and O–H groups in total. The van der Waals surface area contributed by atoms with Gasteiger partial charge in [-0.25, -0.2) is 4.39 Å². The number of benzene rings is 2. The number of aliphatic hydroxyl groups is 1. The highest BCUT2D eigenvalue weighted by Crippen LogP contribution is 2.46. The van der Waals surface area contributed by atoms with Crippen molar-refractivity contribution in [1.29, 1.82) is 0 Å². The molecule has 0 saturated carbocycles. The maximum atomic E-state index is 14.3. The van der Waals surface area contributed by atoms with Crippen molar-refractivity contribution in [2.45, 2.75) is 49.9 Å². The van der Waals surface area contributed by atoms with Crippen LogP contribution in [0.5, 0.6) is 5.75 Å². The largest absolute Gasteiger partial charge is 0.481 e. The maximum Gasteiger partial charge on any atom is 0.148 e. The van der Waals surface area contributed by atoms with Gasteiger partial charge in [0.1, 0.15) is 18.2 Å². The van der Waals surface area contributed by atoms with Gasteiger partial charge in [-0.1, -0.05) is 36.3 Å². The molecule has 2 aliphatic rings. The van der Waals surface area contributed by atoms with Crippen molar-refractivity contribution >= 4 is 0 Å². The van der Waals surface area contributed by atoms with Crippen molar-refractivity contribution in [3.8, 4) is 18.1 Å². The van der Waals surface area contributed by atoms with E-state index in [1.807, 2.05) is 12.1 Å². The van der Waals surface area contributed by atoms with Crippen LogP contribution in [-0.4, -0.2) is 28.7 Å². The van der Waals surface area contributed by atoms with Gasteiger partial charge in [-0.3, -0.25) is 4.90 Å². The van der Waals surface area contributed by atoms with Crippen LogP contribution in [-0.2, 0) is 12.1 Å². The van der Waals surface area contributed by atoms with Gasteiger partial charge in [0.15, 0.2) is 0 Å². The zero-order chi connectivity index (χ0) is 18.9. The van der Waals surface area contributed by atoms with Crippen LogP contribution < -0.4 is 4.74 Å². The number of ether oxygens (including phenoxy) is 1. The molecule has 3 nitrogen and oxygen atoms in total. The van der Waals surface area contributed by atoms with E-state index in [1.165, 1.54) is 11.6 Å². The molecular formula is C23H24FNO2. The second-order valence-electron chi connectivity index (χ2n) is 7.61. The van der Waals surface area contributed by atoms with Crippen LogP contribution in [0.2, 0.25) is 0 Å².